The van der Waals surface area contributed by atoms with Gasteiger partial charge < -0.3 is 10.2 Å². The van der Waals surface area contributed by atoms with E-state index in [1.165, 1.54) is 64.6 Å². The Kier molecular flexibility index (Phi) is 5.11. The Morgan fingerprint density at radius 1 is 1.12 bits per heavy atom. The van der Waals surface area contributed by atoms with Crippen LogP contribution < -0.4 is 5.32 Å². The first kappa shape index (κ1) is 12.4. The highest BCUT2D eigenvalue weighted by Gasteiger charge is 2.22. The van der Waals surface area contributed by atoms with Crippen molar-refractivity contribution in [3.63, 3.8) is 0 Å². The van der Waals surface area contributed by atoms with Gasteiger partial charge in [0.1, 0.15) is 0 Å². The maximum atomic E-state index is 3.57. The quantitative estimate of drug-likeness (QED) is 0.772. The van der Waals surface area contributed by atoms with Crippen molar-refractivity contribution >= 4 is 0 Å². The van der Waals surface area contributed by atoms with Crippen molar-refractivity contribution in [2.75, 3.05) is 26.2 Å². The molecule has 2 fully saturated rings. The summed E-state index contributed by atoms with van der Waals surface area (Å²) in [5.41, 5.74) is 0. The third-order valence-corrected chi connectivity index (χ3v) is 4.34. The first-order valence-electron chi connectivity index (χ1n) is 7.34. The van der Waals surface area contributed by atoms with E-state index in [1.54, 1.807) is 0 Å². The van der Waals surface area contributed by atoms with Crippen molar-refractivity contribution in [3.05, 3.63) is 0 Å². The molecule has 0 aromatic carbocycles. The molecule has 1 saturated heterocycles. The number of likely N-dealkylation sites (N-methyl/N-ethyl adjacent to an activating group) is 1. The van der Waals surface area contributed by atoms with Crippen molar-refractivity contribution in [1.29, 1.82) is 0 Å². The predicted octanol–water partition coefficient (Wildman–Crippen LogP) is 2.64. The van der Waals surface area contributed by atoms with Gasteiger partial charge in [-0.15, -0.1) is 0 Å². The summed E-state index contributed by atoms with van der Waals surface area (Å²) < 4.78 is 0. The smallest absolute Gasteiger partial charge is 0.0207 e. The fourth-order valence-corrected chi connectivity index (χ4v) is 3.33. The summed E-state index contributed by atoms with van der Waals surface area (Å²) in [7, 11) is 0. The summed E-state index contributed by atoms with van der Waals surface area (Å²) in [6.45, 7) is 7.31. The zero-order valence-electron chi connectivity index (χ0n) is 10.9. The van der Waals surface area contributed by atoms with Crippen LogP contribution in [0.2, 0.25) is 0 Å². The van der Waals surface area contributed by atoms with Gasteiger partial charge in [0.25, 0.3) is 0 Å². The Bertz CT molecular complexity index is 187. The Labute approximate surface area is 101 Å². The van der Waals surface area contributed by atoms with Crippen LogP contribution in [0.3, 0.4) is 0 Å². The van der Waals surface area contributed by atoms with Gasteiger partial charge in [-0.25, -0.2) is 0 Å². The second-order valence-corrected chi connectivity index (χ2v) is 5.64. The molecule has 1 saturated carbocycles. The Morgan fingerprint density at radius 2 is 1.94 bits per heavy atom. The molecule has 0 radical (unpaired) electrons. The second-order valence-electron chi connectivity index (χ2n) is 5.64. The van der Waals surface area contributed by atoms with Crippen LogP contribution in [0.25, 0.3) is 0 Å². The molecule has 1 unspecified atom stereocenters. The first-order chi connectivity index (χ1) is 7.88. The molecule has 0 spiro atoms. The molecule has 0 aromatic heterocycles. The van der Waals surface area contributed by atoms with Gasteiger partial charge >= 0.3 is 0 Å². The fraction of sp³-hybridized carbons (Fsp3) is 1.00. The number of likely N-dealkylation sites (tertiary alicyclic amines) is 1. The first-order valence-corrected chi connectivity index (χ1v) is 7.34. The number of nitrogens with one attached hydrogen (secondary N) is 1. The summed E-state index contributed by atoms with van der Waals surface area (Å²) >= 11 is 0. The third kappa shape index (κ3) is 3.74. The molecule has 1 aliphatic heterocycles. The molecule has 1 heterocycles. The van der Waals surface area contributed by atoms with Gasteiger partial charge in [0, 0.05) is 12.6 Å². The fourth-order valence-electron chi connectivity index (χ4n) is 3.33. The molecule has 0 bridgehead atoms. The van der Waals surface area contributed by atoms with E-state index in [-0.39, 0.29) is 0 Å². The van der Waals surface area contributed by atoms with Crippen LogP contribution in [0.5, 0.6) is 0 Å². The summed E-state index contributed by atoms with van der Waals surface area (Å²) in [5, 5.41) is 3.57. The van der Waals surface area contributed by atoms with E-state index in [4.69, 9.17) is 0 Å². The minimum absolute atomic E-state index is 0.774. The number of hydrogen-bond donors (Lipinski definition) is 1. The largest absolute Gasteiger partial charge is 0.313 e. The Morgan fingerprint density at radius 3 is 2.69 bits per heavy atom. The Balaban J connectivity index is 1.59. The molecule has 0 amide bonds. The van der Waals surface area contributed by atoms with Crippen molar-refractivity contribution in [2.24, 2.45) is 5.92 Å². The van der Waals surface area contributed by atoms with Crippen LogP contribution >= 0.6 is 0 Å². The third-order valence-electron chi connectivity index (χ3n) is 4.34. The van der Waals surface area contributed by atoms with E-state index in [0.29, 0.717) is 0 Å². The lowest BCUT2D eigenvalue weighted by Crippen LogP contribution is -2.33. The average molecular weight is 224 g/mol. The molecule has 1 atom stereocenters. The van der Waals surface area contributed by atoms with Crippen LogP contribution in [0.15, 0.2) is 0 Å². The second kappa shape index (κ2) is 6.61. The Hall–Kier alpha value is -0.0800. The summed E-state index contributed by atoms with van der Waals surface area (Å²) in [6, 6.07) is 0.774. The lowest BCUT2D eigenvalue weighted by molar-refractivity contribution is 0.262. The maximum absolute atomic E-state index is 3.57. The zero-order chi connectivity index (χ0) is 11.2. The van der Waals surface area contributed by atoms with E-state index < -0.39 is 0 Å². The lowest BCUT2D eigenvalue weighted by Gasteiger charge is -2.24. The molecule has 2 heteroatoms. The van der Waals surface area contributed by atoms with Gasteiger partial charge in [-0.3, -0.25) is 0 Å². The molecule has 16 heavy (non-hydrogen) atoms. The lowest BCUT2D eigenvalue weighted by atomic mass is 9.87. The van der Waals surface area contributed by atoms with Crippen LogP contribution in [-0.2, 0) is 0 Å². The van der Waals surface area contributed by atoms with Crippen molar-refractivity contribution in [1.82, 2.24) is 10.2 Å². The highest BCUT2D eigenvalue weighted by Crippen LogP contribution is 2.26. The van der Waals surface area contributed by atoms with Gasteiger partial charge in [0.2, 0.25) is 0 Å². The highest BCUT2D eigenvalue weighted by atomic mass is 15.2. The maximum Gasteiger partial charge on any atom is 0.0207 e. The molecule has 1 N–H and O–H groups in total. The monoisotopic (exact) mass is 224 g/mol. The molecular weight excluding hydrogens is 196 g/mol. The molecule has 94 valence electrons. The normalized spacial score (nSPS) is 28.7. The van der Waals surface area contributed by atoms with E-state index in [9.17, 15) is 0 Å². The van der Waals surface area contributed by atoms with Gasteiger partial charge in [0.15, 0.2) is 0 Å². The van der Waals surface area contributed by atoms with Crippen LogP contribution in [0.1, 0.15) is 51.9 Å². The number of rotatable bonds is 5. The van der Waals surface area contributed by atoms with E-state index in [0.717, 1.165) is 18.5 Å². The van der Waals surface area contributed by atoms with Crippen molar-refractivity contribution in [2.45, 2.75) is 57.9 Å². The molecule has 2 nitrogen and oxygen atoms in total. The standard InChI is InChI=1S/C14H28N2/c1-2-15-14-9-11-16(12-14)10-8-13-6-4-3-5-7-13/h13-15H,2-12H2,1H3. The van der Waals surface area contributed by atoms with Gasteiger partial charge in [-0.05, 0) is 38.4 Å². The summed E-state index contributed by atoms with van der Waals surface area (Å²) in [4.78, 5) is 2.67. The molecular formula is C14H28N2. The van der Waals surface area contributed by atoms with E-state index in [2.05, 4.69) is 17.1 Å². The summed E-state index contributed by atoms with van der Waals surface area (Å²) in [5.74, 6) is 1.05. The minimum atomic E-state index is 0.774. The highest BCUT2D eigenvalue weighted by molar-refractivity contribution is 4.81. The number of hydrogen-bond acceptors (Lipinski definition) is 2. The topological polar surface area (TPSA) is 15.3 Å². The molecule has 2 aliphatic rings. The SMILES string of the molecule is CCNC1CCN(CCC2CCCCC2)C1. The van der Waals surface area contributed by atoms with Gasteiger partial charge in [-0.2, -0.15) is 0 Å². The predicted molar refractivity (Wildman–Crippen MR) is 69.7 cm³/mol. The zero-order valence-corrected chi connectivity index (χ0v) is 10.9. The molecule has 1 aliphatic carbocycles. The molecule has 2 rings (SSSR count). The van der Waals surface area contributed by atoms with E-state index >= 15 is 0 Å². The van der Waals surface area contributed by atoms with Crippen molar-refractivity contribution in [3.8, 4) is 0 Å². The van der Waals surface area contributed by atoms with Gasteiger partial charge in [0.05, 0.1) is 0 Å². The van der Waals surface area contributed by atoms with Crippen LogP contribution in [0, 0.1) is 5.92 Å². The molecule has 0 aromatic rings. The van der Waals surface area contributed by atoms with Crippen LogP contribution in [0.4, 0.5) is 0 Å². The summed E-state index contributed by atoms with van der Waals surface area (Å²) in [6.07, 6.45) is 10.3. The number of nitrogens with zero attached hydrogens (tertiary/aromatic N) is 1. The van der Waals surface area contributed by atoms with Crippen LogP contribution in [-0.4, -0.2) is 37.1 Å². The minimum Gasteiger partial charge on any atom is -0.313 e. The van der Waals surface area contributed by atoms with E-state index in [1.807, 2.05) is 0 Å². The van der Waals surface area contributed by atoms with Crippen molar-refractivity contribution < 1.29 is 0 Å². The van der Waals surface area contributed by atoms with Gasteiger partial charge in [-0.1, -0.05) is 39.0 Å². The average Bonchev–Trinajstić information content (AvgIpc) is 2.76.